The highest BCUT2D eigenvalue weighted by Crippen LogP contribution is 2.26. The van der Waals surface area contributed by atoms with Crippen molar-refractivity contribution in [3.63, 3.8) is 0 Å². The second-order valence-electron chi connectivity index (χ2n) is 3.59. The number of anilines is 1. The fourth-order valence-corrected chi connectivity index (χ4v) is 2.32. The first-order valence-corrected chi connectivity index (χ1v) is 6.37. The van der Waals surface area contributed by atoms with Crippen LogP contribution in [0.1, 0.15) is 18.9 Å². The van der Waals surface area contributed by atoms with E-state index < -0.39 is 0 Å². The largest absolute Gasteiger partial charge is 0.398 e. The van der Waals surface area contributed by atoms with Crippen LogP contribution in [0.25, 0.3) is 0 Å². The summed E-state index contributed by atoms with van der Waals surface area (Å²) in [5.41, 5.74) is 7.82. The lowest BCUT2D eigenvalue weighted by Crippen LogP contribution is -2.22. The maximum atomic E-state index is 11.2. The minimum Gasteiger partial charge on any atom is -0.398 e. The molecule has 0 aliphatic heterocycles. The molecule has 1 aromatic rings. The standard InChI is InChI=1S/C12H18N2OS/c1-3-14-12(15)6-7-16-11-8-9(2)4-5-10(11)13/h4-5,8H,3,6-7,13H2,1-2H3,(H,14,15). The Bertz CT molecular complexity index is 366. The molecule has 4 heteroatoms. The highest BCUT2D eigenvalue weighted by molar-refractivity contribution is 7.99. The van der Waals surface area contributed by atoms with Crippen LogP contribution in [0.4, 0.5) is 5.69 Å². The van der Waals surface area contributed by atoms with Gasteiger partial charge in [-0.2, -0.15) is 0 Å². The first kappa shape index (κ1) is 12.9. The minimum atomic E-state index is 0.0984. The number of carbonyl (C=O) groups is 1. The van der Waals surface area contributed by atoms with Gasteiger partial charge in [-0.05, 0) is 31.5 Å². The molecule has 0 saturated heterocycles. The van der Waals surface area contributed by atoms with Gasteiger partial charge in [-0.1, -0.05) is 6.07 Å². The first-order chi connectivity index (χ1) is 7.63. The van der Waals surface area contributed by atoms with Crippen LogP contribution in [0.3, 0.4) is 0 Å². The van der Waals surface area contributed by atoms with Crippen molar-refractivity contribution in [3.05, 3.63) is 23.8 Å². The number of amides is 1. The Labute approximate surface area is 101 Å². The van der Waals surface area contributed by atoms with E-state index in [1.807, 2.05) is 26.0 Å². The zero-order valence-electron chi connectivity index (χ0n) is 9.75. The number of hydrogen-bond donors (Lipinski definition) is 2. The van der Waals surface area contributed by atoms with Gasteiger partial charge in [-0.25, -0.2) is 0 Å². The summed E-state index contributed by atoms with van der Waals surface area (Å²) in [4.78, 5) is 12.3. The topological polar surface area (TPSA) is 55.1 Å². The molecule has 16 heavy (non-hydrogen) atoms. The fraction of sp³-hybridized carbons (Fsp3) is 0.417. The van der Waals surface area contributed by atoms with Gasteiger partial charge in [-0.3, -0.25) is 4.79 Å². The van der Waals surface area contributed by atoms with Crippen molar-refractivity contribution < 1.29 is 4.79 Å². The highest BCUT2D eigenvalue weighted by Gasteiger charge is 2.03. The number of benzene rings is 1. The van der Waals surface area contributed by atoms with Gasteiger partial charge < -0.3 is 11.1 Å². The molecule has 3 nitrogen and oxygen atoms in total. The molecule has 0 aliphatic rings. The molecule has 0 heterocycles. The predicted octanol–water partition coefficient (Wildman–Crippen LogP) is 2.20. The van der Waals surface area contributed by atoms with Crippen LogP contribution < -0.4 is 11.1 Å². The van der Waals surface area contributed by atoms with E-state index in [0.717, 1.165) is 16.3 Å². The van der Waals surface area contributed by atoms with E-state index in [-0.39, 0.29) is 5.91 Å². The number of nitrogen functional groups attached to an aromatic ring is 1. The molecule has 3 N–H and O–H groups in total. The van der Waals surface area contributed by atoms with Crippen LogP contribution in [-0.4, -0.2) is 18.2 Å². The zero-order chi connectivity index (χ0) is 12.0. The average Bonchev–Trinajstić information content (AvgIpc) is 2.23. The Morgan fingerprint density at radius 1 is 1.50 bits per heavy atom. The lowest BCUT2D eigenvalue weighted by molar-refractivity contribution is -0.120. The van der Waals surface area contributed by atoms with Gasteiger partial charge in [0.25, 0.3) is 0 Å². The molecular weight excluding hydrogens is 220 g/mol. The molecule has 88 valence electrons. The monoisotopic (exact) mass is 238 g/mol. The number of aryl methyl sites for hydroxylation is 1. The Hall–Kier alpha value is -1.16. The third-order valence-electron chi connectivity index (χ3n) is 2.13. The molecule has 0 unspecified atom stereocenters. The summed E-state index contributed by atoms with van der Waals surface area (Å²) >= 11 is 1.63. The van der Waals surface area contributed by atoms with Gasteiger partial charge in [0.2, 0.25) is 5.91 Å². The van der Waals surface area contributed by atoms with Gasteiger partial charge >= 0.3 is 0 Å². The minimum absolute atomic E-state index is 0.0984. The van der Waals surface area contributed by atoms with Crippen LogP contribution >= 0.6 is 11.8 Å². The van der Waals surface area contributed by atoms with Crippen LogP contribution in [-0.2, 0) is 4.79 Å². The number of nitrogens with one attached hydrogen (secondary N) is 1. The van der Waals surface area contributed by atoms with E-state index in [0.29, 0.717) is 13.0 Å². The molecule has 0 spiro atoms. The van der Waals surface area contributed by atoms with Gasteiger partial charge in [-0.15, -0.1) is 11.8 Å². The van der Waals surface area contributed by atoms with Crippen LogP contribution in [0.15, 0.2) is 23.1 Å². The predicted molar refractivity (Wildman–Crippen MR) is 69.6 cm³/mol. The molecule has 0 atom stereocenters. The molecule has 1 amide bonds. The van der Waals surface area contributed by atoms with Crippen molar-refractivity contribution in [2.24, 2.45) is 0 Å². The van der Waals surface area contributed by atoms with Crippen LogP contribution in [0.2, 0.25) is 0 Å². The molecule has 1 aromatic carbocycles. The molecule has 0 aliphatic carbocycles. The Morgan fingerprint density at radius 3 is 2.94 bits per heavy atom. The second kappa shape index (κ2) is 6.43. The van der Waals surface area contributed by atoms with Crippen molar-refractivity contribution in [1.29, 1.82) is 0 Å². The first-order valence-electron chi connectivity index (χ1n) is 5.39. The van der Waals surface area contributed by atoms with E-state index in [4.69, 9.17) is 5.73 Å². The van der Waals surface area contributed by atoms with Gasteiger partial charge in [0.15, 0.2) is 0 Å². The molecule has 0 fully saturated rings. The summed E-state index contributed by atoms with van der Waals surface area (Å²) in [6.07, 6.45) is 0.534. The second-order valence-corrected chi connectivity index (χ2v) is 4.73. The van der Waals surface area contributed by atoms with Crippen LogP contribution in [0, 0.1) is 6.92 Å². The molecule has 0 bridgehead atoms. The quantitative estimate of drug-likeness (QED) is 0.611. The third-order valence-corrected chi connectivity index (χ3v) is 3.20. The van der Waals surface area contributed by atoms with Gasteiger partial charge in [0, 0.05) is 29.3 Å². The van der Waals surface area contributed by atoms with Crippen molar-refractivity contribution in [2.45, 2.75) is 25.2 Å². The van der Waals surface area contributed by atoms with E-state index >= 15 is 0 Å². The van der Waals surface area contributed by atoms with Crippen molar-refractivity contribution in [3.8, 4) is 0 Å². The summed E-state index contributed by atoms with van der Waals surface area (Å²) < 4.78 is 0. The SMILES string of the molecule is CCNC(=O)CCSc1cc(C)ccc1N. The maximum Gasteiger partial charge on any atom is 0.220 e. The number of hydrogen-bond acceptors (Lipinski definition) is 3. The molecule has 0 radical (unpaired) electrons. The summed E-state index contributed by atoms with van der Waals surface area (Å²) in [6.45, 7) is 4.65. The molecular formula is C12H18N2OS. The normalized spacial score (nSPS) is 10.1. The number of thioether (sulfide) groups is 1. The Balaban J connectivity index is 2.42. The summed E-state index contributed by atoms with van der Waals surface area (Å²) in [7, 11) is 0. The summed E-state index contributed by atoms with van der Waals surface area (Å²) in [5.74, 6) is 0.862. The van der Waals surface area contributed by atoms with Crippen molar-refractivity contribution in [1.82, 2.24) is 5.32 Å². The van der Waals surface area contributed by atoms with Crippen molar-refractivity contribution >= 4 is 23.4 Å². The maximum absolute atomic E-state index is 11.2. The Kier molecular flexibility index (Phi) is 5.19. The van der Waals surface area contributed by atoms with Crippen LogP contribution in [0.5, 0.6) is 0 Å². The summed E-state index contributed by atoms with van der Waals surface area (Å²) in [6, 6.07) is 5.95. The fourth-order valence-electron chi connectivity index (χ4n) is 1.31. The number of rotatable bonds is 5. The molecule has 0 saturated carbocycles. The molecule has 1 rings (SSSR count). The Morgan fingerprint density at radius 2 is 2.25 bits per heavy atom. The lowest BCUT2D eigenvalue weighted by atomic mass is 10.2. The highest BCUT2D eigenvalue weighted by atomic mass is 32.2. The smallest absolute Gasteiger partial charge is 0.220 e. The van der Waals surface area contributed by atoms with E-state index in [1.54, 1.807) is 11.8 Å². The lowest BCUT2D eigenvalue weighted by Gasteiger charge is -2.06. The number of nitrogens with two attached hydrogens (primary N) is 1. The van der Waals surface area contributed by atoms with Gasteiger partial charge in [0.05, 0.1) is 0 Å². The zero-order valence-corrected chi connectivity index (χ0v) is 10.6. The van der Waals surface area contributed by atoms with E-state index in [1.165, 1.54) is 5.56 Å². The van der Waals surface area contributed by atoms with E-state index in [9.17, 15) is 4.79 Å². The van der Waals surface area contributed by atoms with E-state index in [2.05, 4.69) is 11.4 Å². The van der Waals surface area contributed by atoms with Gasteiger partial charge in [0.1, 0.15) is 0 Å². The van der Waals surface area contributed by atoms with Crippen molar-refractivity contribution in [2.75, 3.05) is 18.0 Å². The summed E-state index contributed by atoms with van der Waals surface area (Å²) in [5, 5.41) is 2.77. The molecule has 0 aromatic heterocycles. The average molecular weight is 238 g/mol. The number of carbonyl (C=O) groups excluding carboxylic acids is 1. The third kappa shape index (κ3) is 4.14.